The van der Waals surface area contributed by atoms with Crippen LogP contribution in [-0.2, 0) is 6.54 Å². The first kappa shape index (κ1) is 16.9. The van der Waals surface area contributed by atoms with E-state index in [4.69, 9.17) is 16.0 Å². The Labute approximate surface area is 155 Å². The van der Waals surface area contributed by atoms with Crippen LogP contribution >= 0.6 is 11.6 Å². The molecule has 1 aromatic carbocycles. The molecular weight excluding hydrogens is 354 g/mol. The average Bonchev–Trinajstić information content (AvgIpc) is 2.68. The summed E-state index contributed by atoms with van der Waals surface area (Å²) in [5.74, 6) is 1.09. The van der Waals surface area contributed by atoms with Crippen LogP contribution in [0.25, 0.3) is 11.0 Å². The van der Waals surface area contributed by atoms with Crippen molar-refractivity contribution in [2.45, 2.75) is 6.54 Å². The molecule has 6 nitrogen and oxygen atoms in total. The van der Waals surface area contributed by atoms with E-state index in [1.165, 1.54) is 12.3 Å². The van der Waals surface area contributed by atoms with Crippen molar-refractivity contribution in [3.8, 4) is 5.75 Å². The molecule has 0 saturated carbocycles. The summed E-state index contributed by atoms with van der Waals surface area (Å²) in [6.07, 6.45) is 3.02. The van der Waals surface area contributed by atoms with Gasteiger partial charge in [-0.05, 0) is 24.3 Å². The van der Waals surface area contributed by atoms with Gasteiger partial charge in [0.05, 0.1) is 10.9 Å². The molecule has 0 spiro atoms. The number of phenolic OH excluding ortho intramolecular Hbond substituents is 1. The van der Waals surface area contributed by atoms with Crippen molar-refractivity contribution in [2.24, 2.45) is 0 Å². The summed E-state index contributed by atoms with van der Waals surface area (Å²) >= 11 is 5.86. The van der Waals surface area contributed by atoms with Crippen LogP contribution in [0.15, 0.2) is 52.0 Å². The van der Waals surface area contributed by atoms with Crippen LogP contribution in [0.5, 0.6) is 5.75 Å². The van der Waals surface area contributed by atoms with Crippen molar-refractivity contribution >= 4 is 28.4 Å². The normalized spacial score (nSPS) is 15.5. The Kier molecular flexibility index (Phi) is 4.53. The van der Waals surface area contributed by atoms with Gasteiger partial charge in [-0.25, -0.2) is 4.98 Å². The van der Waals surface area contributed by atoms with Gasteiger partial charge in [-0.15, -0.1) is 0 Å². The van der Waals surface area contributed by atoms with Crippen molar-refractivity contribution in [1.29, 1.82) is 0 Å². The number of benzene rings is 1. The van der Waals surface area contributed by atoms with Crippen LogP contribution in [-0.4, -0.2) is 41.2 Å². The smallest absolute Gasteiger partial charge is 0.211 e. The molecule has 0 bridgehead atoms. The fourth-order valence-electron chi connectivity index (χ4n) is 3.28. The molecule has 134 valence electrons. The van der Waals surface area contributed by atoms with Gasteiger partial charge in [-0.2, -0.15) is 0 Å². The van der Waals surface area contributed by atoms with E-state index >= 15 is 0 Å². The summed E-state index contributed by atoms with van der Waals surface area (Å²) in [5, 5.41) is 10.7. The molecule has 1 N–H and O–H groups in total. The predicted molar refractivity (Wildman–Crippen MR) is 101 cm³/mol. The number of pyridine rings is 1. The zero-order valence-corrected chi connectivity index (χ0v) is 14.8. The van der Waals surface area contributed by atoms with E-state index in [0.29, 0.717) is 23.1 Å². The maximum atomic E-state index is 12.2. The SMILES string of the molecule is O=c1c(Cl)coc2c(CN3CCN(c4ccccn4)CC3)c(O)ccc12. The highest BCUT2D eigenvalue weighted by atomic mass is 35.5. The first-order valence-corrected chi connectivity index (χ1v) is 8.81. The van der Waals surface area contributed by atoms with E-state index in [1.54, 1.807) is 12.3 Å². The first-order chi connectivity index (χ1) is 12.6. The van der Waals surface area contributed by atoms with E-state index in [0.717, 1.165) is 32.0 Å². The summed E-state index contributed by atoms with van der Waals surface area (Å²) in [7, 11) is 0. The second-order valence-electron chi connectivity index (χ2n) is 6.30. The number of anilines is 1. The summed E-state index contributed by atoms with van der Waals surface area (Å²) in [5.41, 5.74) is 0.725. The molecule has 0 aliphatic carbocycles. The molecule has 2 aromatic heterocycles. The highest BCUT2D eigenvalue weighted by molar-refractivity contribution is 6.30. The highest BCUT2D eigenvalue weighted by Crippen LogP contribution is 2.28. The zero-order chi connectivity index (χ0) is 18.1. The lowest BCUT2D eigenvalue weighted by molar-refractivity contribution is 0.246. The molecule has 1 fully saturated rings. The quantitative estimate of drug-likeness (QED) is 0.763. The molecule has 1 aliphatic heterocycles. The molecule has 0 radical (unpaired) electrons. The summed E-state index contributed by atoms with van der Waals surface area (Å²) < 4.78 is 5.53. The molecule has 4 rings (SSSR count). The average molecular weight is 372 g/mol. The lowest BCUT2D eigenvalue weighted by Crippen LogP contribution is -2.46. The number of aromatic hydroxyl groups is 1. The Morgan fingerprint density at radius 1 is 1.15 bits per heavy atom. The van der Waals surface area contributed by atoms with Crippen LogP contribution in [0.2, 0.25) is 5.02 Å². The highest BCUT2D eigenvalue weighted by Gasteiger charge is 2.21. The van der Waals surface area contributed by atoms with Crippen molar-refractivity contribution in [3.05, 3.63) is 63.6 Å². The molecule has 1 saturated heterocycles. The van der Waals surface area contributed by atoms with Gasteiger partial charge in [0.1, 0.15) is 28.4 Å². The molecule has 7 heteroatoms. The fraction of sp³-hybridized carbons (Fsp3) is 0.263. The van der Waals surface area contributed by atoms with E-state index < -0.39 is 0 Å². The number of hydrogen-bond donors (Lipinski definition) is 1. The minimum absolute atomic E-state index is 0.0399. The van der Waals surface area contributed by atoms with Gasteiger partial charge in [0, 0.05) is 38.9 Å². The number of hydrogen-bond acceptors (Lipinski definition) is 6. The van der Waals surface area contributed by atoms with Crippen molar-refractivity contribution in [3.63, 3.8) is 0 Å². The van der Waals surface area contributed by atoms with Crippen LogP contribution in [0.3, 0.4) is 0 Å². The molecule has 1 aliphatic rings. The number of fused-ring (bicyclic) bond motifs is 1. The maximum absolute atomic E-state index is 12.2. The van der Waals surface area contributed by atoms with Crippen LogP contribution in [0, 0.1) is 0 Å². The van der Waals surface area contributed by atoms with Crippen molar-refractivity contribution in [1.82, 2.24) is 9.88 Å². The third-order valence-corrected chi connectivity index (χ3v) is 4.97. The largest absolute Gasteiger partial charge is 0.507 e. The number of aromatic nitrogens is 1. The van der Waals surface area contributed by atoms with Crippen LogP contribution in [0.4, 0.5) is 5.82 Å². The minimum atomic E-state index is -0.283. The molecule has 0 unspecified atom stereocenters. The summed E-state index contributed by atoms with van der Waals surface area (Å²) in [6, 6.07) is 8.96. The zero-order valence-electron chi connectivity index (χ0n) is 14.1. The van der Waals surface area contributed by atoms with Gasteiger partial charge in [-0.1, -0.05) is 17.7 Å². The van der Waals surface area contributed by atoms with E-state index in [-0.39, 0.29) is 16.2 Å². The first-order valence-electron chi connectivity index (χ1n) is 8.43. The van der Waals surface area contributed by atoms with Crippen molar-refractivity contribution in [2.75, 3.05) is 31.1 Å². The second kappa shape index (κ2) is 6.97. The Morgan fingerprint density at radius 2 is 1.96 bits per heavy atom. The van der Waals surface area contributed by atoms with Crippen LogP contribution in [0.1, 0.15) is 5.56 Å². The molecular formula is C19H18ClN3O3. The molecule has 3 heterocycles. The topological polar surface area (TPSA) is 69.8 Å². The van der Waals surface area contributed by atoms with Gasteiger partial charge < -0.3 is 14.4 Å². The Hall–Kier alpha value is -2.57. The number of halogens is 1. The number of piperazine rings is 1. The van der Waals surface area contributed by atoms with Crippen LogP contribution < -0.4 is 10.3 Å². The van der Waals surface area contributed by atoms with E-state index in [2.05, 4.69) is 14.8 Å². The fourth-order valence-corrected chi connectivity index (χ4v) is 3.42. The molecule has 0 atom stereocenters. The summed E-state index contributed by atoms with van der Waals surface area (Å²) in [6.45, 7) is 3.84. The number of nitrogens with zero attached hydrogens (tertiary/aromatic N) is 3. The molecule has 0 amide bonds. The third-order valence-electron chi connectivity index (χ3n) is 4.70. The second-order valence-corrected chi connectivity index (χ2v) is 6.71. The number of rotatable bonds is 3. The standard InChI is InChI=1S/C19H18ClN3O3/c20-15-12-26-19-13(18(15)25)4-5-16(24)14(19)11-22-7-9-23(10-8-22)17-3-1-2-6-21-17/h1-6,12,24H,7-11H2. The van der Waals surface area contributed by atoms with Gasteiger partial charge >= 0.3 is 0 Å². The van der Waals surface area contributed by atoms with E-state index in [9.17, 15) is 9.90 Å². The van der Waals surface area contributed by atoms with Crippen molar-refractivity contribution < 1.29 is 9.52 Å². The minimum Gasteiger partial charge on any atom is -0.507 e. The Bertz CT molecular complexity index is 982. The lowest BCUT2D eigenvalue weighted by atomic mass is 10.1. The Morgan fingerprint density at radius 3 is 2.69 bits per heavy atom. The van der Waals surface area contributed by atoms with Gasteiger partial charge in [-0.3, -0.25) is 9.69 Å². The maximum Gasteiger partial charge on any atom is 0.211 e. The van der Waals surface area contributed by atoms with Gasteiger partial charge in [0.25, 0.3) is 0 Å². The Balaban J connectivity index is 1.54. The summed E-state index contributed by atoms with van der Waals surface area (Å²) in [4.78, 5) is 21.0. The lowest BCUT2D eigenvalue weighted by Gasteiger charge is -2.35. The number of phenols is 1. The molecule has 26 heavy (non-hydrogen) atoms. The third kappa shape index (κ3) is 3.13. The molecule has 3 aromatic rings. The monoisotopic (exact) mass is 371 g/mol. The predicted octanol–water partition coefficient (Wildman–Crippen LogP) is 2.87. The van der Waals surface area contributed by atoms with E-state index in [1.807, 2.05) is 18.2 Å². The van der Waals surface area contributed by atoms with Gasteiger partial charge in [0.15, 0.2) is 0 Å². The van der Waals surface area contributed by atoms with Gasteiger partial charge in [0.2, 0.25) is 5.43 Å².